The molecular formula is C22H19F2NO6. The first kappa shape index (κ1) is 22.0. The molecule has 31 heavy (non-hydrogen) atoms. The van der Waals surface area contributed by atoms with E-state index in [2.05, 4.69) is 10.1 Å². The van der Waals surface area contributed by atoms with Crippen LogP contribution < -0.4 is 5.32 Å². The van der Waals surface area contributed by atoms with E-state index in [0.717, 1.165) is 25.0 Å². The molecule has 0 radical (unpaired) electrons. The molecule has 0 aromatic heterocycles. The monoisotopic (exact) mass is 431 g/mol. The molecule has 1 aliphatic heterocycles. The van der Waals surface area contributed by atoms with Gasteiger partial charge in [-0.1, -0.05) is 36.4 Å². The standard InChI is InChI=1S/C22H19F2NO6/c1-29-22(28)20-19(30-11-13-5-3-2-4-6-13)18(26)16(12-31-20)21(27)25-10-14-7-8-15(23)9-17(14)24/h2-9,12,18,26H,10-11H2,1H3,(H,25,27). The molecule has 0 aliphatic carbocycles. The molecule has 1 unspecified atom stereocenters. The Balaban J connectivity index is 1.73. The highest BCUT2D eigenvalue weighted by Crippen LogP contribution is 2.26. The molecule has 0 spiro atoms. The molecule has 0 saturated heterocycles. The fourth-order valence-corrected chi connectivity index (χ4v) is 2.75. The van der Waals surface area contributed by atoms with Crippen molar-refractivity contribution in [1.29, 1.82) is 0 Å². The smallest absolute Gasteiger partial charge is 0.377 e. The van der Waals surface area contributed by atoms with Crippen LogP contribution in [0.25, 0.3) is 0 Å². The van der Waals surface area contributed by atoms with Crippen molar-refractivity contribution in [3.8, 4) is 0 Å². The molecule has 2 aromatic carbocycles. The van der Waals surface area contributed by atoms with E-state index in [1.54, 1.807) is 24.3 Å². The fourth-order valence-electron chi connectivity index (χ4n) is 2.75. The Morgan fingerprint density at radius 1 is 1.16 bits per heavy atom. The van der Waals surface area contributed by atoms with Crippen LogP contribution in [0.4, 0.5) is 8.78 Å². The minimum atomic E-state index is -1.63. The second-order valence-corrected chi connectivity index (χ2v) is 6.47. The summed E-state index contributed by atoms with van der Waals surface area (Å²) in [5.41, 5.74) is 0.532. The third-order valence-electron chi connectivity index (χ3n) is 4.40. The Kier molecular flexibility index (Phi) is 6.99. The van der Waals surface area contributed by atoms with Crippen LogP contribution in [0.1, 0.15) is 11.1 Å². The number of nitrogens with one attached hydrogen (secondary N) is 1. The number of rotatable bonds is 7. The number of hydrogen-bond acceptors (Lipinski definition) is 6. The summed E-state index contributed by atoms with van der Waals surface area (Å²) in [5, 5.41) is 13.1. The van der Waals surface area contributed by atoms with Crippen molar-refractivity contribution in [2.24, 2.45) is 0 Å². The number of carbonyl (C=O) groups excluding carboxylic acids is 2. The average Bonchev–Trinajstić information content (AvgIpc) is 2.77. The molecule has 3 rings (SSSR count). The Bertz CT molecular complexity index is 1040. The van der Waals surface area contributed by atoms with Crippen LogP contribution in [0.5, 0.6) is 0 Å². The van der Waals surface area contributed by atoms with E-state index in [1.807, 2.05) is 6.07 Å². The van der Waals surface area contributed by atoms with E-state index in [9.17, 15) is 23.5 Å². The van der Waals surface area contributed by atoms with Gasteiger partial charge in [0.05, 0.1) is 12.7 Å². The number of aliphatic hydroxyl groups excluding tert-OH is 1. The third-order valence-corrected chi connectivity index (χ3v) is 4.40. The lowest BCUT2D eigenvalue weighted by molar-refractivity contribution is -0.140. The molecule has 1 heterocycles. The zero-order valence-electron chi connectivity index (χ0n) is 16.4. The number of carbonyl (C=O) groups is 2. The Labute approximate surface area is 176 Å². The van der Waals surface area contributed by atoms with E-state index in [0.29, 0.717) is 6.07 Å². The lowest BCUT2D eigenvalue weighted by atomic mass is 10.1. The van der Waals surface area contributed by atoms with Gasteiger partial charge in [0, 0.05) is 18.2 Å². The molecule has 1 atom stereocenters. The number of halogens is 2. The van der Waals surface area contributed by atoms with Crippen molar-refractivity contribution in [2.45, 2.75) is 19.3 Å². The minimum Gasteiger partial charge on any atom is -0.486 e. The van der Waals surface area contributed by atoms with Gasteiger partial charge >= 0.3 is 5.97 Å². The molecule has 1 aliphatic rings. The van der Waals surface area contributed by atoms with Crippen molar-refractivity contribution in [2.75, 3.05) is 7.11 Å². The summed E-state index contributed by atoms with van der Waals surface area (Å²) in [6.07, 6.45) is -0.743. The largest absolute Gasteiger partial charge is 0.486 e. The number of benzene rings is 2. The van der Waals surface area contributed by atoms with Gasteiger partial charge in [0.1, 0.15) is 30.6 Å². The van der Waals surface area contributed by atoms with Gasteiger partial charge < -0.3 is 24.6 Å². The fraction of sp³-hybridized carbons (Fsp3) is 0.182. The highest BCUT2D eigenvalue weighted by Gasteiger charge is 2.35. The van der Waals surface area contributed by atoms with E-state index >= 15 is 0 Å². The summed E-state index contributed by atoms with van der Waals surface area (Å²) in [7, 11) is 1.13. The Morgan fingerprint density at radius 2 is 1.90 bits per heavy atom. The van der Waals surface area contributed by atoms with Gasteiger partial charge in [-0.3, -0.25) is 4.79 Å². The van der Waals surface area contributed by atoms with Crippen molar-refractivity contribution in [3.63, 3.8) is 0 Å². The maximum atomic E-state index is 13.8. The number of amides is 1. The molecule has 162 valence electrons. The van der Waals surface area contributed by atoms with Crippen LogP contribution >= 0.6 is 0 Å². The molecule has 9 heteroatoms. The van der Waals surface area contributed by atoms with E-state index in [1.165, 1.54) is 6.07 Å². The molecule has 0 bridgehead atoms. The Hall–Kier alpha value is -3.72. The van der Waals surface area contributed by atoms with E-state index < -0.39 is 35.4 Å². The van der Waals surface area contributed by atoms with Gasteiger partial charge in [-0.05, 0) is 11.6 Å². The Morgan fingerprint density at radius 3 is 2.58 bits per heavy atom. The molecule has 2 N–H and O–H groups in total. The first-order valence-corrected chi connectivity index (χ1v) is 9.16. The highest BCUT2D eigenvalue weighted by molar-refractivity contribution is 5.96. The highest BCUT2D eigenvalue weighted by atomic mass is 19.1. The second kappa shape index (κ2) is 9.86. The van der Waals surface area contributed by atoms with Gasteiger partial charge in [-0.15, -0.1) is 0 Å². The zero-order chi connectivity index (χ0) is 22.4. The normalized spacial score (nSPS) is 15.6. The van der Waals surface area contributed by atoms with Crippen molar-refractivity contribution in [1.82, 2.24) is 5.32 Å². The summed E-state index contributed by atoms with van der Waals surface area (Å²) in [4.78, 5) is 24.5. The predicted octanol–water partition coefficient (Wildman–Crippen LogP) is 2.46. The number of ether oxygens (including phenoxy) is 3. The summed E-state index contributed by atoms with van der Waals surface area (Å²) < 4.78 is 42.2. The average molecular weight is 431 g/mol. The van der Waals surface area contributed by atoms with E-state index in [-0.39, 0.29) is 30.0 Å². The van der Waals surface area contributed by atoms with Gasteiger partial charge in [0.2, 0.25) is 0 Å². The molecule has 1 amide bonds. The summed E-state index contributed by atoms with van der Waals surface area (Å²) >= 11 is 0. The molecule has 2 aromatic rings. The lowest BCUT2D eigenvalue weighted by Gasteiger charge is -2.24. The quantitative estimate of drug-likeness (QED) is 0.655. The number of hydrogen-bond donors (Lipinski definition) is 2. The zero-order valence-corrected chi connectivity index (χ0v) is 16.4. The summed E-state index contributed by atoms with van der Waals surface area (Å²) in [6, 6.07) is 11.9. The lowest BCUT2D eigenvalue weighted by Crippen LogP contribution is -2.35. The minimum absolute atomic E-state index is 0.00717. The summed E-state index contributed by atoms with van der Waals surface area (Å²) in [5.74, 6) is -3.95. The maximum absolute atomic E-state index is 13.8. The van der Waals surface area contributed by atoms with Gasteiger partial charge in [0.15, 0.2) is 5.76 Å². The van der Waals surface area contributed by atoms with Crippen LogP contribution in [0, 0.1) is 11.6 Å². The van der Waals surface area contributed by atoms with Crippen LogP contribution in [0.3, 0.4) is 0 Å². The molecule has 7 nitrogen and oxygen atoms in total. The van der Waals surface area contributed by atoms with E-state index in [4.69, 9.17) is 9.47 Å². The number of aliphatic hydroxyl groups is 1. The first-order valence-electron chi connectivity index (χ1n) is 9.16. The van der Waals surface area contributed by atoms with Crippen molar-refractivity contribution in [3.05, 3.63) is 94.6 Å². The molecular weight excluding hydrogens is 412 g/mol. The second-order valence-electron chi connectivity index (χ2n) is 6.47. The van der Waals surface area contributed by atoms with Crippen LogP contribution in [-0.4, -0.2) is 30.2 Å². The van der Waals surface area contributed by atoms with Gasteiger partial charge in [-0.25, -0.2) is 13.6 Å². The number of esters is 1. The van der Waals surface area contributed by atoms with Gasteiger partial charge in [0.25, 0.3) is 11.7 Å². The van der Waals surface area contributed by atoms with Crippen molar-refractivity contribution >= 4 is 11.9 Å². The SMILES string of the molecule is COC(=O)C1=C(OCc2ccccc2)C(O)C(C(=O)NCc2ccc(F)cc2F)=CO1. The maximum Gasteiger partial charge on any atom is 0.377 e. The molecule has 0 fully saturated rings. The predicted molar refractivity (Wildman–Crippen MR) is 104 cm³/mol. The van der Waals surface area contributed by atoms with Crippen LogP contribution in [-0.2, 0) is 37.0 Å². The summed E-state index contributed by atoms with van der Waals surface area (Å²) in [6.45, 7) is -0.268. The third kappa shape index (κ3) is 5.26. The van der Waals surface area contributed by atoms with Crippen molar-refractivity contribution < 1.29 is 37.7 Å². The molecule has 0 saturated carbocycles. The van der Waals surface area contributed by atoms with Crippen LogP contribution in [0.2, 0.25) is 0 Å². The topological polar surface area (TPSA) is 94.1 Å². The van der Waals surface area contributed by atoms with Crippen LogP contribution in [0.15, 0.2) is 71.9 Å². The first-order chi connectivity index (χ1) is 14.9. The van der Waals surface area contributed by atoms with Gasteiger partial charge in [-0.2, -0.15) is 0 Å². The number of methoxy groups -OCH3 is 1.